The normalized spacial score (nSPS) is 14.8. The topological polar surface area (TPSA) is 104 Å². The average molecular weight is 424 g/mol. The Bertz CT molecular complexity index is 1240. The number of amides is 2. The molecule has 0 saturated carbocycles. The molecule has 4 aromatic rings. The van der Waals surface area contributed by atoms with E-state index in [-0.39, 0.29) is 17.7 Å². The van der Waals surface area contributed by atoms with Gasteiger partial charge in [-0.1, -0.05) is 24.3 Å². The number of pyridine rings is 1. The highest BCUT2D eigenvalue weighted by Gasteiger charge is 2.35. The first-order valence-corrected chi connectivity index (χ1v) is 10.2. The number of hydrogen-bond donors (Lipinski definition) is 2. The maximum Gasteiger partial charge on any atom is 0.258 e. The van der Waals surface area contributed by atoms with Crippen molar-refractivity contribution in [2.75, 3.05) is 11.4 Å². The van der Waals surface area contributed by atoms with Crippen LogP contribution in [0.2, 0.25) is 0 Å². The number of aromatic amines is 1. The van der Waals surface area contributed by atoms with Crippen LogP contribution in [0, 0.1) is 0 Å². The number of carbonyl (C=O) groups is 2. The van der Waals surface area contributed by atoms with Gasteiger partial charge in [-0.3, -0.25) is 19.7 Å². The van der Waals surface area contributed by atoms with E-state index in [4.69, 9.17) is 0 Å². The van der Waals surface area contributed by atoms with Gasteiger partial charge in [-0.25, -0.2) is 4.98 Å². The molecule has 0 radical (unpaired) electrons. The monoisotopic (exact) mass is 424 g/mol. The van der Waals surface area contributed by atoms with Crippen LogP contribution in [0.25, 0.3) is 0 Å². The number of H-pyrrole nitrogens is 1. The van der Waals surface area contributed by atoms with Gasteiger partial charge in [0.2, 0.25) is 0 Å². The Morgan fingerprint density at radius 2 is 1.94 bits per heavy atom. The summed E-state index contributed by atoms with van der Waals surface area (Å²) in [6.07, 6.45) is 4.86. The maximum absolute atomic E-state index is 13.2. The Morgan fingerprint density at radius 3 is 2.69 bits per heavy atom. The Balaban J connectivity index is 1.45. The molecular formula is C24H20N6O2. The summed E-state index contributed by atoms with van der Waals surface area (Å²) < 4.78 is 0. The van der Waals surface area contributed by atoms with Gasteiger partial charge in [0.05, 0.1) is 5.92 Å². The molecular weight excluding hydrogens is 404 g/mol. The quantitative estimate of drug-likeness (QED) is 0.513. The van der Waals surface area contributed by atoms with E-state index >= 15 is 0 Å². The molecule has 1 unspecified atom stereocenters. The second-order valence-electron chi connectivity index (χ2n) is 7.52. The lowest BCUT2D eigenvalue weighted by molar-refractivity contribution is 0.0949. The molecule has 1 atom stereocenters. The Labute approximate surface area is 184 Å². The lowest BCUT2D eigenvalue weighted by atomic mass is 9.98. The summed E-state index contributed by atoms with van der Waals surface area (Å²) in [4.78, 5) is 36.1. The first kappa shape index (κ1) is 19.6. The summed E-state index contributed by atoms with van der Waals surface area (Å²) in [5, 5.41) is 9.79. The zero-order chi connectivity index (χ0) is 21.9. The minimum absolute atomic E-state index is 0.0948. The van der Waals surface area contributed by atoms with Crippen LogP contribution in [0.1, 0.15) is 43.6 Å². The summed E-state index contributed by atoms with van der Waals surface area (Å²) in [7, 11) is 0. The maximum atomic E-state index is 13.2. The van der Waals surface area contributed by atoms with Crippen LogP contribution in [0.4, 0.5) is 5.69 Å². The van der Waals surface area contributed by atoms with Crippen molar-refractivity contribution in [3.63, 3.8) is 0 Å². The first-order chi connectivity index (χ1) is 15.7. The van der Waals surface area contributed by atoms with Gasteiger partial charge in [-0.2, -0.15) is 5.10 Å². The smallest absolute Gasteiger partial charge is 0.258 e. The van der Waals surface area contributed by atoms with E-state index in [2.05, 4.69) is 25.5 Å². The second-order valence-corrected chi connectivity index (χ2v) is 7.52. The minimum Gasteiger partial charge on any atom is -0.348 e. The molecule has 32 heavy (non-hydrogen) atoms. The van der Waals surface area contributed by atoms with Gasteiger partial charge in [-0.15, -0.1) is 0 Å². The van der Waals surface area contributed by atoms with E-state index < -0.39 is 0 Å². The molecule has 0 bridgehead atoms. The van der Waals surface area contributed by atoms with Crippen molar-refractivity contribution in [1.29, 1.82) is 0 Å². The summed E-state index contributed by atoms with van der Waals surface area (Å²) >= 11 is 0. The standard InChI is InChI=1S/C24H20N6O2/c31-23(26-13-16-5-4-10-25-12-16)18-8-9-21-19(11-18)20(22-27-15-28-29-22)14-30(21)24(32)17-6-2-1-3-7-17/h1-12,15,20H,13-14H2,(H,26,31)(H,27,28,29). The van der Waals surface area contributed by atoms with Crippen molar-refractivity contribution in [1.82, 2.24) is 25.5 Å². The van der Waals surface area contributed by atoms with Crippen molar-refractivity contribution in [3.05, 3.63) is 107 Å². The van der Waals surface area contributed by atoms with Crippen molar-refractivity contribution < 1.29 is 9.59 Å². The lowest BCUT2D eigenvalue weighted by Crippen LogP contribution is -2.30. The lowest BCUT2D eigenvalue weighted by Gasteiger charge is -2.18. The van der Waals surface area contributed by atoms with Crippen LogP contribution in [0.15, 0.2) is 79.4 Å². The SMILES string of the molecule is O=C(NCc1cccnc1)c1ccc2c(c1)C(c1ncn[nH]1)CN2C(=O)c1ccccc1. The fourth-order valence-corrected chi connectivity index (χ4v) is 3.93. The predicted octanol–water partition coefficient (Wildman–Crippen LogP) is 2.92. The molecule has 3 heterocycles. The fourth-order valence-electron chi connectivity index (χ4n) is 3.93. The molecule has 2 aromatic carbocycles. The third-order valence-electron chi connectivity index (χ3n) is 5.53. The van der Waals surface area contributed by atoms with Gasteiger partial charge in [-0.05, 0) is 47.5 Å². The molecule has 2 N–H and O–H groups in total. The molecule has 1 aliphatic heterocycles. The number of benzene rings is 2. The van der Waals surface area contributed by atoms with Crippen molar-refractivity contribution in [3.8, 4) is 0 Å². The van der Waals surface area contributed by atoms with Gasteiger partial charge in [0.25, 0.3) is 11.8 Å². The molecule has 8 heteroatoms. The van der Waals surface area contributed by atoms with E-state index in [1.807, 2.05) is 42.5 Å². The Hall–Kier alpha value is -4.33. The van der Waals surface area contributed by atoms with Crippen molar-refractivity contribution >= 4 is 17.5 Å². The average Bonchev–Trinajstić information content (AvgIpc) is 3.51. The molecule has 158 valence electrons. The summed E-state index contributed by atoms with van der Waals surface area (Å²) in [6, 6.07) is 18.3. The first-order valence-electron chi connectivity index (χ1n) is 10.2. The second kappa shape index (κ2) is 8.43. The van der Waals surface area contributed by atoms with Crippen molar-refractivity contribution in [2.24, 2.45) is 0 Å². The molecule has 0 fully saturated rings. The Morgan fingerprint density at radius 1 is 1.06 bits per heavy atom. The molecule has 0 aliphatic carbocycles. The van der Waals surface area contributed by atoms with Crippen LogP contribution in [-0.2, 0) is 6.54 Å². The molecule has 5 rings (SSSR count). The number of hydrogen-bond acceptors (Lipinski definition) is 5. The fraction of sp³-hybridized carbons (Fsp3) is 0.125. The number of rotatable bonds is 5. The van der Waals surface area contributed by atoms with Crippen LogP contribution in [-0.4, -0.2) is 38.5 Å². The van der Waals surface area contributed by atoms with Crippen LogP contribution < -0.4 is 10.2 Å². The number of nitrogens with zero attached hydrogens (tertiary/aromatic N) is 4. The highest BCUT2D eigenvalue weighted by molar-refractivity contribution is 6.08. The van der Waals surface area contributed by atoms with E-state index in [9.17, 15) is 9.59 Å². The molecule has 2 aromatic heterocycles. The zero-order valence-electron chi connectivity index (χ0n) is 17.1. The zero-order valence-corrected chi connectivity index (χ0v) is 17.1. The highest BCUT2D eigenvalue weighted by atomic mass is 16.2. The molecule has 0 spiro atoms. The molecule has 8 nitrogen and oxygen atoms in total. The number of nitrogens with one attached hydrogen (secondary N) is 2. The van der Waals surface area contributed by atoms with Gasteiger partial charge in [0, 0.05) is 42.3 Å². The summed E-state index contributed by atoms with van der Waals surface area (Å²) in [6.45, 7) is 0.799. The number of carbonyl (C=O) groups excluding carboxylic acids is 2. The summed E-state index contributed by atoms with van der Waals surface area (Å²) in [5.74, 6) is 0.164. The van der Waals surface area contributed by atoms with E-state index in [1.54, 1.807) is 35.5 Å². The van der Waals surface area contributed by atoms with Gasteiger partial charge in [0.15, 0.2) is 0 Å². The van der Waals surface area contributed by atoms with Crippen LogP contribution in [0.3, 0.4) is 0 Å². The molecule has 0 saturated heterocycles. The third-order valence-corrected chi connectivity index (χ3v) is 5.53. The predicted molar refractivity (Wildman–Crippen MR) is 118 cm³/mol. The van der Waals surface area contributed by atoms with Gasteiger partial charge >= 0.3 is 0 Å². The van der Waals surface area contributed by atoms with E-state index in [1.165, 1.54) is 6.33 Å². The molecule has 1 aliphatic rings. The van der Waals surface area contributed by atoms with E-state index in [0.717, 1.165) is 16.8 Å². The number of anilines is 1. The minimum atomic E-state index is -0.203. The van der Waals surface area contributed by atoms with Crippen LogP contribution in [0.5, 0.6) is 0 Å². The van der Waals surface area contributed by atoms with Gasteiger partial charge in [0.1, 0.15) is 12.2 Å². The largest absolute Gasteiger partial charge is 0.348 e. The van der Waals surface area contributed by atoms with E-state index in [0.29, 0.717) is 30.0 Å². The number of aromatic nitrogens is 4. The Kier molecular flexibility index (Phi) is 5.17. The van der Waals surface area contributed by atoms with Crippen LogP contribution >= 0.6 is 0 Å². The highest BCUT2D eigenvalue weighted by Crippen LogP contribution is 2.40. The third kappa shape index (κ3) is 3.74. The number of fused-ring (bicyclic) bond motifs is 1. The van der Waals surface area contributed by atoms with Gasteiger partial charge < -0.3 is 10.2 Å². The summed E-state index contributed by atoms with van der Waals surface area (Å²) in [5.41, 5.74) is 3.67. The van der Waals surface area contributed by atoms with Crippen molar-refractivity contribution in [2.45, 2.75) is 12.5 Å². The molecule has 2 amide bonds.